The van der Waals surface area contributed by atoms with Gasteiger partial charge in [0.1, 0.15) is 6.54 Å². The van der Waals surface area contributed by atoms with Gasteiger partial charge >= 0.3 is 0 Å². The first kappa shape index (κ1) is 15.2. The van der Waals surface area contributed by atoms with Gasteiger partial charge in [-0.25, -0.2) is 8.42 Å². The third-order valence-electron chi connectivity index (χ3n) is 2.56. The van der Waals surface area contributed by atoms with Crippen LogP contribution in [0.5, 0.6) is 0 Å². The molecule has 0 aliphatic rings. The summed E-state index contributed by atoms with van der Waals surface area (Å²) in [5.41, 5.74) is 0.767. The first-order chi connectivity index (χ1) is 9.06. The fourth-order valence-corrected chi connectivity index (χ4v) is 3.06. The van der Waals surface area contributed by atoms with Gasteiger partial charge in [-0.1, -0.05) is 19.1 Å². The number of hydrogen-bond acceptors (Lipinski definition) is 4. The van der Waals surface area contributed by atoms with Crippen LogP contribution in [0.3, 0.4) is 0 Å². The van der Waals surface area contributed by atoms with Crippen LogP contribution in [0, 0.1) is 22.7 Å². The maximum atomic E-state index is 12.3. The van der Waals surface area contributed by atoms with E-state index in [0.29, 0.717) is 13.0 Å². The van der Waals surface area contributed by atoms with Crippen LogP contribution in [0.2, 0.25) is 0 Å². The summed E-state index contributed by atoms with van der Waals surface area (Å²) in [5.74, 6) is 0. The lowest BCUT2D eigenvalue weighted by Crippen LogP contribution is -2.32. The molecule has 0 aliphatic carbocycles. The van der Waals surface area contributed by atoms with E-state index < -0.39 is 10.0 Å². The predicted octanol–water partition coefficient (Wildman–Crippen LogP) is 1.68. The SMILES string of the molecule is CCCN(CC#N)S(=O)(=O)c1ccc(CC#N)cc1. The molecule has 19 heavy (non-hydrogen) atoms. The Morgan fingerprint density at radius 1 is 1.16 bits per heavy atom. The number of rotatable bonds is 6. The highest BCUT2D eigenvalue weighted by atomic mass is 32.2. The first-order valence-corrected chi connectivity index (χ1v) is 7.33. The van der Waals surface area contributed by atoms with E-state index in [1.165, 1.54) is 12.1 Å². The summed E-state index contributed by atoms with van der Waals surface area (Å²) in [5, 5.41) is 17.3. The van der Waals surface area contributed by atoms with E-state index in [4.69, 9.17) is 10.5 Å². The highest BCUT2D eigenvalue weighted by molar-refractivity contribution is 7.89. The number of hydrogen-bond donors (Lipinski definition) is 0. The summed E-state index contributed by atoms with van der Waals surface area (Å²) >= 11 is 0. The average molecular weight is 277 g/mol. The van der Waals surface area contributed by atoms with Crippen LogP contribution in [-0.4, -0.2) is 25.8 Å². The van der Waals surface area contributed by atoms with Crippen LogP contribution in [0.25, 0.3) is 0 Å². The lowest BCUT2D eigenvalue weighted by molar-refractivity contribution is 0.444. The first-order valence-electron chi connectivity index (χ1n) is 5.89. The Bertz CT molecular complexity index is 594. The van der Waals surface area contributed by atoms with Gasteiger partial charge in [-0.2, -0.15) is 14.8 Å². The van der Waals surface area contributed by atoms with Crippen molar-refractivity contribution in [1.82, 2.24) is 4.31 Å². The van der Waals surface area contributed by atoms with Gasteiger partial charge in [0.05, 0.1) is 23.5 Å². The van der Waals surface area contributed by atoms with Crippen molar-refractivity contribution in [2.24, 2.45) is 0 Å². The summed E-state index contributed by atoms with van der Waals surface area (Å²) < 4.78 is 25.7. The fraction of sp³-hybridized carbons (Fsp3) is 0.385. The maximum absolute atomic E-state index is 12.3. The van der Waals surface area contributed by atoms with Gasteiger partial charge in [0.15, 0.2) is 0 Å². The van der Waals surface area contributed by atoms with Gasteiger partial charge in [0, 0.05) is 6.54 Å². The van der Waals surface area contributed by atoms with E-state index in [-0.39, 0.29) is 17.9 Å². The zero-order valence-electron chi connectivity index (χ0n) is 10.7. The molecule has 0 heterocycles. The van der Waals surface area contributed by atoms with Crippen LogP contribution in [0.1, 0.15) is 18.9 Å². The standard InChI is InChI=1S/C13H15N3O2S/c1-2-10-16(11-9-15)19(17,18)13-5-3-12(4-6-13)7-8-14/h3-6H,2,7,10-11H2,1H3. The maximum Gasteiger partial charge on any atom is 0.244 e. The Kier molecular flexibility index (Phi) is 5.50. The lowest BCUT2D eigenvalue weighted by atomic mass is 10.2. The third-order valence-corrected chi connectivity index (χ3v) is 4.42. The quantitative estimate of drug-likeness (QED) is 0.740. The van der Waals surface area contributed by atoms with Crippen molar-refractivity contribution in [2.45, 2.75) is 24.7 Å². The van der Waals surface area contributed by atoms with E-state index in [9.17, 15) is 8.42 Å². The Morgan fingerprint density at radius 3 is 2.26 bits per heavy atom. The van der Waals surface area contributed by atoms with Crippen molar-refractivity contribution in [3.05, 3.63) is 29.8 Å². The summed E-state index contributed by atoms with van der Waals surface area (Å²) in [6.45, 7) is 2.02. The predicted molar refractivity (Wildman–Crippen MR) is 70.4 cm³/mol. The van der Waals surface area contributed by atoms with E-state index in [1.54, 1.807) is 12.1 Å². The topological polar surface area (TPSA) is 85.0 Å². The van der Waals surface area contributed by atoms with Gasteiger partial charge < -0.3 is 0 Å². The second kappa shape index (κ2) is 6.89. The molecule has 0 atom stereocenters. The molecule has 0 radical (unpaired) electrons. The molecule has 0 fully saturated rings. The van der Waals surface area contributed by atoms with Crippen molar-refractivity contribution < 1.29 is 8.42 Å². The molecule has 0 saturated heterocycles. The van der Waals surface area contributed by atoms with Gasteiger partial charge in [0.2, 0.25) is 10.0 Å². The summed E-state index contributed by atoms with van der Waals surface area (Å²) in [6, 6.07) is 10.1. The van der Waals surface area contributed by atoms with Crippen LogP contribution in [0.15, 0.2) is 29.2 Å². The van der Waals surface area contributed by atoms with Gasteiger partial charge in [-0.3, -0.25) is 0 Å². The van der Waals surface area contributed by atoms with E-state index in [2.05, 4.69) is 0 Å². The molecule has 1 aromatic carbocycles. The molecule has 1 aromatic rings. The average Bonchev–Trinajstić information content (AvgIpc) is 2.39. The molecule has 0 aliphatic heterocycles. The molecule has 5 nitrogen and oxygen atoms in total. The van der Waals surface area contributed by atoms with E-state index in [1.807, 2.05) is 19.1 Å². The highest BCUT2D eigenvalue weighted by Gasteiger charge is 2.23. The van der Waals surface area contributed by atoms with Gasteiger partial charge in [0.25, 0.3) is 0 Å². The Labute approximate surface area is 113 Å². The minimum atomic E-state index is -3.63. The summed E-state index contributed by atoms with van der Waals surface area (Å²) in [7, 11) is -3.63. The van der Waals surface area contributed by atoms with Crippen molar-refractivity contribution in [3.8, 4) is 12.1 Å². The number of nitriles is 2. The zero-order valence-corrected chi connectivity index (χ0v) is 11.5. The van der Waals surface area contributed by atoms with Crippen molar-refractivity contribution in [2.75, 3.05) is 13.1 Å². The summed E-state index contributed by atoms with van der Waals surface area (Å²) in [4.78, 5) is 0.151. The van der Waals surface area contributed by atoms with Crippen molar-refractivity contribution >= 4 is 10.0 Å². The molecular formula is C13H15N3O2S. The number of sulfonamides is 1. The van der Waals surface area contributed by atoms with E-state index in [0.717, 1.165) is 9.87 Å². The fourth-order valence-electron chi connectivity index (χ4n) is 1.63. The molecule has 0 aromatic heterocycles. The Morgan fingerprint density at radius 2 is 1.79 bits per heavy atom. The summed E-state index contributed by atoms with van der Waals surface area (Å²) in [6.07, 6.45) is 0.893. The van der Waals surface area contributed by atoms with Crippen LogP contribution in [0.4, 0.5) is 0 Å². The molecular weight excluding hydrogens is 262 g/mol. The minimum absolute atomic E-state index is 0.151. The highest BCUT2D eigenvalue weighted by Crippen LogP contribution is 2.16. The normalized spacial score (nSPS) is 10.9. The molecule has 1 rings (SSSR count). The minimum Gasteiger partial charge on any atom is -0.207 e. The molecule has 6 heteroatoms. The molecule has 0 bridgehead atoms. The molecule has 100 valence electrons. The third kappa shape index (κ3) is 3.78. The Hall–Kier alpha value is -1.89. The molecule has 0 N–H and O–H groups in total. The second-order valence-electron chi connectivity index (χ2n) is 3.98. The number of nitrogens with zero attached hydrogens (tertiary/aromatic N) is 3. The molecule has 0 spiro atoms. The van der Waals surface area contributed by atoms with Gasteiger partial charge in [-0.15, -0.1) is 0 Å². The smallest absolute Gasteiger partial charge is 0.207 e. The molecule has 0 unspecified atom stereocenters. The molecule has 0 amide bonds. The van der Waals surface area contributed by atoms with Crippen LogP contribution in [-0.2, 0) is 16.4 Å². The second-order valence-corrected chi connectivity index (χ2v) is 5.91. The zero-order chi connectivity index (χ0) is 14.3. The van der Waals surface area contributed by atoms with Crippen molar-refractivity contribution in [1.29, 1.82) is 10.5 Å². The lowest BCUT2D eigenvalue weighted by Gasteiger charge is -2.18. The van der Waals surface area contributed by atoms with Crippen molar-refractivity contribution in [3.63, 3.8) is 0 Å². The monoisotopic (exact) mass is 277 g/mol. The van der Waals surface area contributed by atoms with E-state index >= 15 is 0 Å². The van der Waals surface area contributed by atoms with Crippen LogP contribution < -0.4 is 0 Å². The van der Waals surface area contributed by atoms with Gasteiger partial charge in [-0.05, 0) is 24.1 Å². The molecule has 0 saturated carbocycles. The largest absolute Gasteiger partial charge is 0.244 e. The Balaban J connectivity index is 3.05. The van der Waals surface area contributed by atoms with Crippen LogP contribution >= 0.6 is 0 Å². The number of benzene rings is 1.